The smallest absolute Gasteiger partial charge is 0.271 e. The minimum Gasteiger partial charge on any atom is -0.390 e. The van der Waals surface area contributed by atoms with Crippen molar-refractivity contribution in [1.29, 1.82) is 0 Å². The molecule has 0 aliphatic heterocycles. The minimum absolute atomic E-state index is 0.0428. The second-order valence-electron chi connectivity index (χ2n) is 8.70. The average molecular weight is 453 g/mol. The second-order valence-corrected chi connectivity index (χ2v) is 8.70. The molecule has 9 heteroatoms. The number of hydrogen-bond acceptors (Lipinski definition) is 7. The van der Waals surface area contributed by atoms with Crippen LogP contribution < -0.4 is 21.7 Å². The molecular weight excluding hydrogens is 420 g/mol. The summed E-state index contributed by atoms with van der Waals surface area (Å²) in [6, 6.07) is 5.55. The molecule has 1 heterocycles. The van der Waals surface area contributed by atoms with Gasteiger partial charge in [0.05, 0.1) is 11.3 Å². The molecule has 6 N–H and O–H groups in total. The molecule has 1 aromatic heterocycles. The Labute approximate surface area is 193 Å². The van der Waals surface area contributed by atoms with Crippen LogP contribution in [0.2, 0.25) is 0 Å². The fraction of sp³-hybridized carbons (Fsp3) is 0.417. The Morgan fingerprint density at radius 2 is 1.97 bits per heavy atom. The summed E-state index contributed by atoms with van der Waals surface area (Å²) in [7, 11) is 0. The lowest BCUT2D eigenvalue weighted by Crippen LogP contribution is -2.36. The van der Waals surface area contributed by atoms with Crippen molar-refractivity contribution >= 4 is 34.8 Å². The Balaban J connectivity index is 1.91. The Morgan fingerprint density at radius 1 is 1.27 bits per heavy atom. The molecule has 0 unspecified atom stereocenters. The van der Waals surface area contributed by atoms with Crippen LogP contribution in [0.1, 0.15) is 61.3 Å². The number of aliphatic hydroxyl groups is 1. The SMILES string of the molecule is C=CC(=O)Nc1cc(Nc2nc(N[C@H]3CC[C@@](C)(O)CC3)c(CC)nc2C(N)=O)ccc1C. The van der Waals surface area contributed by atoms with E-state index < -0.39 is 11.5 Å². The third-order valence-corrected chi connectivity index (χ3v) is 5.88. The average Bonchev–Trinajstić information content (AvgIpc) is 2.77. The lowest BCUT2D eigenvalue weighted by Gasteiger charge is -2.34. The second kappa shape index (κ2) is 9.99. The van der Waals surface area contributed by atoms with Gasteiger partial charge in [0, 0.05) is 17.4 Å². The summed E-state index contributed by atoms with van der Waals surface area (Å²) in [5, 5.41) is 19.5. The van der Waals surface area contributed by atoms with Crippen molar-refractivity contribution in [3.63, 3.8) is 0 Å². The molecule has 1 aromatic carbocycles. The van der Waals surface area contributed by atoms with Gasteiger partial charge in [-0.25, -0.2) is 9.97 Å². The number of rotatable bonds is 8. The van der Waals surface area contributed by atoms with Gasteiger partial charge in [-0.3, -0.25) is 9.59 Å². The van der Waals surface area contributed by atoms with E-state index in [1.807, 2.05) is 32.9 Å². The molecule has 0 radical (unpaired) electrons. The number of nitrogens with zero attached hydrogens (tertiary/aromatic N) is 2. The van der Waals surface area contributed by atoms with Crippen LogP contribution in [0.4, 0.5) is 23.0 Å². The van der Waals surface area contributed by atoms with Crippen LogP contribution in [0.3, 0.4) is 0 Å². The van der Waals surface area contributed by atoms with E-state index in [1.54, 1.807) is 6.07 Å². The van der Waals surface area contributed by atoms with Gasteiger partial charge in [-0.2, -0.15) is 0 Å². The maximum absolute atomic E-state index is 12.1. The number of anilines is 4. The number of aryl methyl sites for hydroxylation is 2. The van der Waals surface area contributed by atoms with E-state index in [1.165, 1.54) is 6.08 Å². The summed E-state index contributed by atoms with van der Waals surface area (Å²) in [5.74, 6) is -0.191. The predicted octanol–water partition coefficient (Wildman–Crippen LogP) is 3.42. The van der Waals surface area contributed by atoms with Gasteiger partial charge in [-0.15, -0.1) is 0 Å². The number of nitrogens with two attached hydrogens (primary N) is 1. The first-order valence-corrected chi connectivity index (χ1v) is 11.1. The normalized spacial score (nSPS) is 20.1. The topological polar surface area (TPSA) is 142 Å². The van der Waals surface area contributed by atoms with Crippen LogP contribution in [-0.4, -0.2) is 38.5 Å². The van der Waals surface area contributed by atoms with E-state index in [9.17, 15) is 14.7 Å². The van der Waals surface area contributed by atoms with Crippen LogP contribution in [0.25, 0.3) is 0 Å². The van der Waals surface area contributed by atoms with E-state index in [2.05, 4.69) is 32.5 Å². The monoisotopic (exact) mass is 452 g/mol. The number of aromatic nitrogens is 2. The first-order valence-electron chi connectivity index (χ1n) is 11.1. The highest BCUT2D eigenvalue weighted by Crippen LogP contribution is 2.31. The molecule has 9 nitrogen and oxygen atoms in total. The van der Waals surface area contributed by atoms with Crippen LogP contribution in [0, 0.1) is 6.92 Å². The highest BCUT2D eigenvalue weighted by molar-refractivity contribution is 6.00. The van der Waals surface area contributed by atoms with Gasteiger partial charge >= 0.3 is 0 Å². The molecule has 1 fully saturated rings. The van der Waals surface area contributed by atoms with Gasteiger partial charge < -0.3 is 26.8 Å². The maximum atomic E-state index is 12.1. The van der Waals surface area contributed by atoms with Crippen LogP contribution in [0.15, 0.2) is 30.9 Å². The minimum atomic E-state index is -0.688. The Bertz CT molecular complexity index is 1060. The molecule has 33 heavy (non-hydrogen) atoms. The van der Waals surface area contributed by atoms with Crippen molar-refractivity contribution in [1.82, 2.24) is 9.97 Å². The van der Waals surface area contributed by atoms with E-state index in [4.69, 9.17) is 5.73 Å². The summed E-state index contributed by atoms with van der Waals surface area (Å²) < 4.78 is 0. The quantitative estimate of drug-likeness (QED) is 0.386. The molecule has 1 aliphatic rings. The van der Waals surface area contributed by atoms with Crippen molar-refractivity contribution in [2.45, 2.75) is 64.5 Å². The molecule has 3 rings (SSSR count). The zero-order valence-corrected chi connectivity index (χ0v) is 19.4. The molecule has 0 atom stereocenters. The Morgan fingerprint density at radius 3 is 2.58 bits per heavy atom. The number of benzene rings is 1. The van der Waals surface area contributed by atoms with E-state index >= 15 is 0 Å². The molecule has 2 aromatic rings. The van der Waals surface area contributed by atoms with Crippen molar-refractivity contribution in [2.75, 3.05) is 16.0 Å². The van der Waals surface area contributed by atoms with E-state index in [0.717, 1.165) is 18.4 Å². The zero-order valence-electron chi connectivity index (χ0n) is 19.4. The van der Waals surface area contributed by atoms with Gasteiger partial charge in [0.25, 0.3) is 5.91 Å². The van der Waals surface area contributed by atoms with E-state index in [-0.39, 0.29) is 23.5 Å². The number of hydrogen-bond donors (Lipinski definition) is 5. The van der Waals surface area contributed by atoms with Crippen LogP contribution >= 0.6 is 0 Å². The Hall–Kier alpha value is -3.46. The first-order chi connectivity index (χ1) is 15.6. The number of carbonyl (C=O) groups is 2. The van der Waals surface area contributed by atoms with Crippen molar-refractivity contribution < 1.29 is 14.7 Å². The highest BCUT2D eigenvalue weighted by atomic mass is 16.3. The molecule has 0 saturated heterocycles. The number of carbonyl (C=O) groups excluding carboxylic acids is 2. The van der Waals surface area contributed by atoms with Gasteiger partial charge in [0.2, 0.25) is 5.91 Å². The summed E-state index contributed by atoms with van der Waals surface area (Å²) in [4.78, 5) is 33.0. The lowest BCUT2D eigenvalue weighted by molar-refractivity contribution is -0.111. The standard InChI is InChI=1S/C24H32N6O3/c1-5-17-22(26-15-9-11-24(4,33)12-10-15)30-23(20(29-17)21(25)32)27-16-8-7-14(3)18(13-16)28-19(31)6-2/h6-8,13,15,33H,2,5,9-12H2,1,3-4H3,(H2,25,32)(H,28,31)(H2,26,27,30)/t15-,24+. The maximum Gasteiger partial charge on any atom is 0.271 e. The van der Waals surface area contributed by atoms with Gasteiger partial charge in [0.1, 0.15) is 5.82 Å². The van der Waals surface area contributed by atoms with Crippen molar-refractivity contribution in [3.8, 4) is 0 Å². The number of primary amides is 1. The fourth-order valence-electron chi connectivity index (χ4n) is 3.82. The van der Waals surface area contributed by atoms with Gasteiger partial charge in [0.15, 0.2) is 11.5 Å². The van der Waals surface area contributed by atoms with E-state index in [0.29, 0.717) is 42.1 Å². The molecule has 2 amide bonds. The summed E-state index contributed by atoms with van der Waals surface area (Å²) in [6.45, 7) is 9.14. The van der Waals surface area contributed by atoms with Gasteiger partial charge in [-0.05, 0) is 69.7 Å². The molecule has 0 spiro atoms. The summed E-state index contributed by atoms with van der Waals surface area (Å²) >= 11 is 0. The van der Waals surface area contributed by atoms with Crippen molar-refractivity contribution in [2.24, 2.45) is 5.73 Å². The third-order valence-electron chi connectivity index (χ3n) is 5.88. The first kappa shape index (κ1) is 24.2. The van der Waals surface area contributed by atoms with Crippen LogP contribution in [-0.2, 0) is 11.2 Å². The molecule has 1 saturated carbocycles. The van der Waals surface area contributed by atoms with Crippen molar-refractivity contribution in [3.05, 3.63) is 47.8 Å². The summed E-state index contributed by atoms with van der Waals surface area (Å²) in [6.07, 6.45) is 4.79. The highest BCUT2D eigenvalue weighted by Gasteiger charge is 2.29. The predicted molar refractivity (Wildman–Crippen MR) is 130 cm³/mol. The van der Waals surface area contributed by atoms with Gasteiger partial charge in [-0.1, -0.05) is 19.6 Å². The molecule has 176 valence electrons. The molecular formula is C24H32N6O3. The molecule has 1 aliphatic carbocycles. The number of amides is 2. The summed E-state index contributed by atoms with van der Waals surface area (Å²) in [5.41, 5.74) is 7.74. The van der Waals surface area contributed by atoms with Crippen LogP contribution in [0.5, 0.6) is 0 Å². The largest absolute Gasteiger partial charge is 0.390 e. The zero-order chi connectivity index (χ0) is 24.2. The third kappa shape index (κ3) is 6.07. The fourth-order valence-corrected chi connectivity index (χ4v) is 3.82. The lowest BCUT2D eigenvalue weighted by atomic mass is 9.83. The molecule has 0 bridgehead atoms. The Kier molecular flexibility index (Phi) is 7.33. The number of nitrogens with one attached hydrogen (secondary N) is 3.